The Labute approximate surface area is 148 Å². The maximum atomic E-state index is 11.7. The summed E-state index contributed by atoms with van der Waals surface area (Å²) in [5.41, 5.74) is 4.08. The van der Waals surface area contributed by atoms with Crippen LogP contribution in [0.1, 0.15) is 11.1 Å². The maximum absolute atomic E-state index is 11.7. The van der Waals surface area contributed by atoms with Gasteiger partial charge >= 0.3 is 0 Å². The molecule has 2 N–H and O–H groups in total. The summed E-state index contributed by atoms with van der Waals surface area (Å²) in [6.07, 6.45) is 1.44. The van der Waals surface area contributed by atoms with Crippen LogP contribution in [-0.4, -0.2) is 30.9 Å². The number of hydrogen-bond donors (Lipinski definition) is 2. The van der Waals surface area contributed by atoms with Crippen molar-refractivity contribution in [2.45, 2.75) is 6.92 Å². The lowest BCUT2D eigenvalue weighted by Crippen LogP contribution is -2.24. The average Bonchev–Trinajstić information content (AvgIpc) is 2.56. The number of amides is 1. The first-order chi connectivity index (χ1) is 11.5. The quantitative estimate of drug-likeness (QED) is 0.584. The molecule has 2 rings (SSSR count). The molecule has 0 radical (unpaired) electrons. The zero-order chi connectivity index (χ0) is 17.5. The number of phenols is 1. The molecule has 0 saturated carbocycles. The molecule has 0 spiro atoms. The predicted octanol–water partition coefficient (Wildman–Crippen LogP) is 3.00. The van der Waals surface area contributed by atoms with Gasteiger partial charge in [0.15, 0.2) is 18.1 Å². The fourth-order valence-electron chi connectivity index (χ4n) is 1.89. The van der Waals surface area contributed by atoms with E-state index in [9.17, 15) is 9.90 Å². The Morgan fingerprint density at radius 1 is 1.38 bits per heavy atom. The van der Waals surface area contributed by atoms with Crippen molar-refractivity contribution in [3.8, 4) is 17.2 Å². The van der Waals surface area contributed by atoms with E-state index in [0.29, 0.717) is 21.5 Å². The standard InChI is InChI=1S/C17H17BrN2O4/c1-11-4-3-5-13(6-11)24-10-16(21)20-19-9-12-7-14(18)17(22)15(8-12)23-2/h3-9,22H,10H2,1-2H3,(H,20,21). The average molecular weight is 393 g/mol. The van der Waals surface area contributed by atoms with Crippen LogP contribution in [0, 0.1) is 6.92 Å². The highest BCUT2D eigenvalue weighted by Crippen LogP contribution is 2.34. The number of aromatic hydroxyl groups is 1. The van der Waals surface area contributed by atoms with E-state index >= 15 is 0 Å². The lowest BCUT2D eigenvalue weighted by Gasteiger charge is -2.07. The SMILES string of the molecule is COc1cc(C=NNC(=O)COc2cccc(C)c2)cc(Br)c1O. The summed E-state index contributed by atoms with van der Waals surface area (Å²) >= 11 is 3.22. The van der Waals surface area contributed by atoms with Gasteiger partial charge in [-0.05, 0) is 58.2 Å². The number of methoxy groups -OCH3 is 1. The lowest BCUT2D eigenvalue weighted by molar-refractivity contribution is -0.123. The first-order valence-electron chi connectivity index (χ1n) is 7.07. The molecule has 0 aliphatic rings. The third-order valence-corrected chi connectivity index (χ3v) is 3.64. The van der Waals surface area contributed by atoms with Crippen LogP contribution in [-0.2, 0) is 4.79 Å². The largest absolute Gasteiger partial charge is 0.503 e. The van der Waals surface area contributed by atoms with E-state index in [-0.39, 0.29) is 18.3 Å². The summed E-state index contributed by atoms with van der Waals surface area (Å²) in [6, 6.07) is 10.7. The third-order valence-electron chi connectivity index (χ3n) is 3.03. The smallest absolute Gasteiger partial charge is 0.277 e. The molecule has 0 fully saturated rings. The molecule has 2 aromatic rings. The number of carbonyl (C=O) groups is 1. The summed E-state index contributed by atoms with van der Waals surface area (Å²) in [7, 11) is 1.45. The minimum Gasteiger partial charge on any atom is -0.503 e. The highest BCUT2D eigenvalue weighted by Gasteiger charge is 2.07. The summed E-state index contributed by atoms with van der Waals surface area (Å²) in [5, 5.41) is 13.6. The third kappa shape index (κ3) is 4.99. The van der Waals surface area contributed by atoms with Crippen LogP contribution in [0.3, 0.4) is 0 Å². The Kier molecular flexibility index (Phi) is 6.20. The van der Waals surface area contributed by atoms with E-state index < -0.39 is 0 Å². The zero-order valence-corrected chi connectivity index (χ0v) is 14.8. The Morgan fingerprint density at radius 2 is 2.17 bits per heavy atom. The summed E-state index contributed by atoms with van der Waals surface area (Å²) in [6.45, 7) is 1.81. The summed E-state index contributed by atoms with van der Waals surface area (Å²) < 4.78 is 10.9. The number of phenolic OH excluding ortho intramolecular Hbond substituents is 1. The van der Waals surface area contributed by atoms with Crippen molar-refractivity contribution in [1.82, 2.24) is 5.43 Å². The first kappa shape index (κ1) is 17.8. The molecule has 0 aromatic heterocycles. The van der Waals surface area contributed by atoms with Gasteiger partial charge in [-0.1, -0.05) is 12.1 Å². The number of aryl methyl sites for hydroxylation is 1. The highest BCUT2D eigenvalue weighted by atomic mass is 79.9. The number of nitrogens with one attached hydrogen (secondary N) is 1. The fourth-order valence-corrected chi connectivity index (χ4v) is 2.35. The normalized spacial score (nSPS) is 10.6. The van der Waals surface area contributed by atoms with Gasteiger partial charge in [-0.3, -0.25) is 4.79 Å². The number of halogens is 1. The second-order valence-corrected chi connectivity index (χ2v) is 5.81. The van der Waals surface area contributed by atoms with Gasteiger partial charge in [0.1, 0.15) is 5.75 Å². The molecule has 6 nitrogen and oxygen atoms in total. The van der Waals surface area contributed by atoms with E-state index in [1.54, 1.807) is 18.2 Å². The van der Waals surface area contributed by atoms with Crippen LogP contribution >= 0.6 is 15.9 Å². The molecule has 0 aliphatic heterocycles. The molecule has 0 bridgehead atoms. The van der Waals surface area contributed by atoms with Gasteiger partial charge in [-0.2, -0.15) is 5.10 Å². The Hall–Kier alpha value is -2.54. The van der Waals surface area contributed by atoms with Crippen molar-refractivity contribution < 1.29 is 19.4 Å². The topological polar surface area (TPSA) is 80.2 Å². The molecule has 24 heavy (non-hydrogen) atoms. The van der Waals surface area contributed by atoms with Gasteiger partial charge < -0.3 is 14.6 Å². The van der Waals surface area contributed by atoms with Crippen molar-refractivity contribution >= 4 is 28.1 Å². The van der Waals surface area contributed by atoms with E-state index in [4.69, 9.17) is 9.47 Å². The van der Waals surface area contributed by atoms with Gasteiger partial charge in [0.05, 0.1) is 17.8 Å². The molecular formula is C17H17BrN2O4. The minimum absolute atomic E-state index is 0.00485. The van der Waals surface area contributed by atoms with Crippen LogP contribution in [0.4, 0.5) is 0 Å². The first-order valence-corrected chi connectivity index (χ1v) is 7.86. The van der Waals surface area contributed by atoms with Crippen LogP contribution in [0.2, 0.25) is 0 Å². The van der Waals surface area contributed by atoms with Crippen molar-refractivity contribution in [1.29, 1.82) is 0 Å². The molecule has 0 unspecified atom stereocenters. The second kappa shape index (κ2) is 8.35. The zero-order valence-electron chi connectivity index (χ0n) is 13.2. The van der Waals surface area contributed by atoms with Gasteiger partial charge in [-0.25, -0.2) is 5.43 Å². The number of hydrazone groups is 1. The van der Waals surface area contributed by atoms with Crippen molar-refractivity contribution in [2.24, 2.45) is 5.10 Å². The molecule has 0 saturated heterocycles. The molecule has 1 amide bonds. The monoisotopic (exact) mass is 392 g/mol. The van der Waals surface area contributed by atoms with Gasteiger partial charge in [0.25, 0.3) is 5.91 Å². The number of ether oxygens (including phenoxy) is 2. The van der Waals surface area contributed by atoms with Gasteiger partial charge in [0, 0.05) is 0 Å². The molecule has 7 heteroatoms. The van der Waals surface area contributed by atoms with Crippen molar-refractivity contribution in [3.05, 3.63) is 52.0 Å². The maximum Gasteiger partial charge on any atom is 0.277 e. The molecule has 126 valence electrons. The van der Waals surface area contributed by atoms with Crippen LogP contribution in [0.15, 0.2) is 46.0 Å². The second-order valence-electron chi connectivity index (χ2n) is 4.95. The molecule has 0 heterocycles. The van der Waals surface area contributed by atoms with Crippen LogP contribution in [0.5, 0.6) is 17.2 Å². The number of carbonyl (C=O) groups excluding carboxylic acids is 1. The molecule has 0 atom stereocenters. The number of benzene rings is 2. The summed E-state index contributed by atoms with van der Waals surface area (Å²) in [5.74, 6) is 0.559. The fraction of sp³-hybridized carbons (Fsp3) is 0.176. The number of hydrogen-bond acceptors (Lipinski definition) is 5. The van der Waals surface area contributed by atoms with Crippen molar-refractivity contribution in [3.63, 3.8) is 0 Å². The van der Waals surface area contributed by atoms with Gasteiger partial charge in [-0.15, -0.1) is 0 Å². The highest BCUT2D eigenvalue weighted by molar-refractivity contribution is 9.10. The number of rotatable bonds is 6. The van der Waals surface area contributed by atoms with E-state index in [0.717, 1.165) is 5.56 Å². The van der Waals surface area contributed by atoms with E-state index in [1.807, 2.05) is 25.1 Å². The Morgan fingerprint density at radius 3 is 2.88 bits per heavy atom. The van der Waals surface area contributed by atoms with E-state index in [2.05, 4.69) is 26.5 Å². The lowest BCUT2D eigenvalue weighted by atomic mass is 10.2. The molecule has 2 aromatic carbocycles. The minimum atomic E-state index is -0.377. The molecule has 0 aliphatic carbocycles. The predicted molar refractivity (Wildman–Crippen MR) is 94.8 cm³/mol. The van der Waals surface area contributed by atoms with Crippen LogP contribution < -0.4 is 14.9 Å². The van der Waals surface area contributed by atoms with Crippen molar-refractivity contribution in [2.75, 3.05) is 13.7 Å². The Balaban J connectivity index is 1.89. The Bertz CT molecular complexity index is 762. The molecular weight excluding hydrogens is 376 g/mol. The number of nitrogens with zero attached hydrogens (tertiary/aromatic N) is 1. The van der Waals surface area contributed by atoms with Crippen LogP contribution in [0.25, 0.3) is 0 Å². The van der Waals surface area contributed by atoms with E-state index in [1.165, 1.54) is 13.3 Å². The van der Waals surface area contributed by atoms with Gasteiger partial charge in [0.2, 0.25) is 0 Å². The summed E-state index contributed by atoms with van der Waals surface area (Å²) in [4.78, 5) is 11.7.